The molecule has 8 heteroatoms. The minimum atomic E-state index is -1.06. The molecule has 0 aliphatic carbocycles. The molecule has 1 atom stereocenters. The number of hydrogen-bond acceptors (Lipinski definition) is 5. The molecule has 1 saturated heterocycles. The molecule has 1 amide bonds. The van der Waals surface area contributed by atoms with Gasteiger partial charge in [0, 0.05) is 19.2 Å². The first-order valence-electron chi connectivity index (χ1n) is 6.23. The van der Waals surface area contributed by atoms with E-state index in [0.717, 1.165) is 13.2 Å². The molecule has 0 saturated carbocycles. The zero-order valence-corrected chi connectivity index (χ0v) is 11.2. The maximum atomic E-state index is 13.7. The fourth-order valence-corrected chi connectivity index (χ4v) is 1.86. The monoisotopic (exact) mass is 300 g/mol. The van der Waals surface area contributed by atoms with Gasteiger partial charge in [-0.25, -0.2) is 13.6 Å². The molecule has 1 aromatic carbocycles. The quantitative estimate of drug-likeness (QED) is 0.803. The van der Waals surface area contributed by atoms with Crippen LogP contribution < -0.4 is 10.6 Å². The van der Waals surface area contributed by atoms with Gasteiger partial charge in [0.1, 0.15) is 17.7 Å². The van der Waals surface area contributed by atoms with Crippen LogP contribution >= 0.6 is 0 Å². The summed E-state index contributed by atoms with van der Waals surface area (Å²) in [5.41, 5.74) is -0.770. The summed E-state index contributed by atoms with van der Waals surface area (Å²) >= 11 is 0. The number of esters is 1. The van der Waals surface area contributed by atoms with Crippen LogP contribution in [0.25, 0.3) is 0 Å². The predicted octanol–water partition coefficient (Wildman–Crippen LogP) is 0.678. The Balaban J connectivity index is 2.18. The third-order valence-electron chi connectivity index (χ3n) is 2.94. The van der Waals surface area contributed by atoms with Gasteiger partial charge in [0.15, 0.2) is 0 Å². The number of halogens is 2. The van der Waals surface area contributed by atoms with Crippen LogP contribution in [-0.2, 0) is 14.3 Å². The van der Waals surface area contributed by atoms with Crippen LogP contribution in [-0.4, -0.2) is 44.8 Å². The molecule has 1 aromatic rings. The first kappa shape index (κ1) is 15.3. The molecule has 1 unspecified atom stereocenters. The number of anilines is 1. The van der Waals surface area contributed by atoms with Crippen molar-refractivity contribution in [2.45, 2.75) is 6.10 Å². The number of carbonyl (C=O) groups excluding carboxylic acids is 2. The van der Waals surface area contributed by atoms with Crippen LogP contribution in [0.4, 0.5) is 14.5 Å². The largest absolute Gasteiger partial charge is 0.465 e. The highest BCUT2D eigenvalue weighted by atomic mass is 19.1. The Kier molecular flexibility index (Phi) is 4.81. The van der Waals surface area contributed by atoms with Gasteiger partial charge in [-0.2, -0.15) is 0 Å². The first-order chi connectivity index (χ1) is 10.0. The minimum absolute atomic E-state index is 0.290. The Morgan fingerprint density at radius 1 is 1.38 bits per heavy atom. The first-order valence-corrected chi connectivity index (χ1v) is 6.23. The summed E-state index contributed by atoms with van der Waals surface area (Å²) in [6, 6.07) is 1.41. The molecule has 114 valence electrons. The van der Waals surface area contributed by atoms with Crippen molar-refractivity contribution in [2.24, 2.45) is 0 Å². The maximum Gasteiger partial charge on any atom is 0.340 e. The third kappa shape index (κ3) is 3.53. The Hall–Kier alpha value is -2.06. The van der Waals surface area contributed by atoms with Crippen LogP contribution in [0.5, 0.6) is 0 Å². The maximum absolute atomic E-state index is 13.7. The molecule has 2 N–H and O–H groups in total. The van der Waals surface area contributed by atoms with Gasteiger partial charge in [-0.3, -0.25) is 4.79 Å². The van der Waals surface area contributed by atoms with E-state index in [1.54, 1.807) is 0 Å². The zero-order chi connectivity index (χ0) is 15.4. The summed E-state index contributed by atoms with van der Waals surface area (Å²) in [7, 11) is 1.07. The topological polar surface area (TPSA) is 76.7 Å². The van der Waals surface area contributed by atoms with Crippen molar-refractivity contribution in [3.63, 3.8) is 0 Å². The minimum Gasteiger partial charge on any atom is -0.465 e. The molecule has 0 radical (unpaired) electrons. The predicted molar refractivity (Wildman–Crippen MR) is 68.9 cm³/mol. The van der Waals surface area contributed by atoms with Crippen molar-refractivity contribution in [1.29, 1.82) is 0 Å². The standard InChI is InChI=1S/C13H14F2N2O4/c1-20-13(19)7-4-10(9(15)5-8(7)14)17-12(18)11-6-16-2-3-21-11/h4-5,11,16H,2-3,6H2,1H3,(H,17,18). The van der Waals surface area contributed by atoms with E-state index in [1.807, 2.05) is 0 Å². The number of hydrogen-bond donors (Lipinski definition) is 2. The lowest BCUT2D eigenvalue weighted by Crippen LogP contribution is -2.45. The van der Waals surface area contributed by atoms with Gasteiger partial charge in [-0.1, -0.05) is 0 Å². The number of amides is 1. The van der Waals surface area contributed by atoms with Gasteiger partial charge in [0.05, 0.1) is 25.0 Å². The van der Waals surface area contributed by atoms with Gasteiger partial charge in [0.25, 0.3) is 5.91 Å². The molecule has 1 aliphatic heterocycles. The SMILES string of the molecule is COC(=O)c1cc(NC(=O)C2CNCCO2)c(F)cc1F. The Morgan fingerprint density at radius 3 is 2.76 bits per heavy atom. The summed E-state index contributed by atoms with van der Waals surface area (Å²) in [6.45, 7) is 1.27. The summed E-state index contributed by atoms with van der Waals surface area (Å²) < 4.78 is 36.7. The fourth-order valence-electron chi connectivity index (χ4n) is 1.86. The van der Waals surface area contributed by atoms with Crippen molar-refractivity contribution >= 4 is 17.6 Å². The number of ether oxygens (including phenoxy) is 2. The molecule has 2 rings (SSSR count). The summed E-state index contributed by atoms with van der Waals surface area (Å²) in [4.78, 5) is 23.3. The molecule has 0 bridgehead atoms. The Bertz CT molecular complexity index is 559. The summed E-state index contributed by atoms with van der Waals surface area (Å²) in [6.07, 6.45) is -0.773. The number of nitrogens with one attached hydrogen (secondary N) is 2. The Labute approximate surface area is 119 Å². The molecule has 1 aliphatic rings. The van der Waals surface area contributed by atoms with Crippen LogP contribution in [0.15, 0.2) is 12.1 Å². The summed E-state index contributed by atoms with van der Waals surface area (Å²) in [5.74, 6) is -3.59. The number of benzene rings is 1. The molecule has 1 heterocycles. The lowest BCUT2D eigenvalue weighted by Gasteiger charge is -2.22. The van der Waals surface area contributed by atoms with E-state index in [2.05, 4.69) is 15.4 Å². The van der Waals surface area contributed by atoms with Crippen LogP contribution in [0.1, 0.15) is 10.4 Å². The van der Waals surface area contributed by atoms with Crippen LogP contribution in [0.2, 0.25) is 0 Å². The second-order valence-corrected chi connectivity index (χ2v) is 4.36. The van der Waals surface area contributed by atoms with Crippen molar-refractivity contribution in [3.05, 3.63) is 29.3 Å². The van der Waals surface area contributed by atoms with E-state index >= 15 is 0 Å². The molecule has 6 nitrogen and oxygen atoms in total. The lowest BCUT2D eigenvalue weighted by molar-refractivity contribution is -0.128. The average Bonchev–Trinajstić information content (AvgIpc) is 2.50. The number of morpholine rings is 1. The molecular formula is C13H14F2N2O4. The normalized spacial score (nSPS) is 18.1. The second kappa shape index (κ2) is 6.59. The van der Waals surface area contributed by atoms with E-state index in [-0.39, 0.29) is 5.69 Å². The second-order valence-electron chi connectivity index (χ2n) is 4.36. The van der Waals surface area contributed by atoms with E-state index in [9.17, 15) is 18.4 Å². The van der Waals surface area contributed by atoms with Crippen LogP contribution in [0, 0.1) is 11.6 Å². The van der Waals surface area contributed by atoms with Crippen molar-refractivity contribution in [1.82, 2.24) is 5.32 Å². The third-order valence-corrected chi connectivity index (χ3v) is 2.94. The van der Waals surface area contributed by atoms with E-state index in [4.69, 9.17) is 4.74 Å². The summed E-state index contributed by atoms with van der Waals surface area (Å²) in [5, 5.41) is 5.22. The molecular weight excluding hydrogens is 286 g/mol. The van der Waals surface area contributed by atoms with Gasteiger partial charge in [-0.15, -0.1) is 0 Å². The van der Waals surface area contributed by atoms with Gasteiger partial charge >= 0.3 is 5.97 Å². The fraction of sp³-hybridized carbons (Fsp3) is 0.385. The molecule has 21 heavy (non-hydrogen) atoms. The molecule has 0 aromatic heterocycles. The lowest BCUT2D eigenvalue weighted by atomic mass is 10.1. The Morgan fingerprint density at radius 2 is 2.14 bits per heavy atom. The smallest absolute Gasteiger partial charge is 0.340 e. The molecule has 0 spiro atoms. The highest BCUT2D eigenvalue weighted by Crippen LogP contribution is 2.20. The van der Waals surface area contributed by atoms with E-state index in [0.29, 0.717) is 25.8 Å². The van der Waals surface area contributed by atoms with Crippen LogP contribution in [0.3, 0.4) is 0 Å². The number of methoxy groups -OCH3 is 1. The molecule has 1 fully saturated rings. The average molecular weight is 300 g/mol. The van der Waals surface area contributed by atoms with Gasteiger partial charge in [-0.05, 0) is 6.07 Å². The van der Waals surface area contributed by atoms with E-state index < -0.39 is 35.2 Å². The number of carbonyl (C=O) groups is 2. The van der Waals surface area contributed by atoms with Crippen molar-refractivity contribution in [3.8, 4) is 0 Å². The highest BCUT2D eigenvalue weighted by Gasteiger charge is 2.24. The number of rotatable bonds is 3. The van der Waals surface area contributed by atoms with E-state index in [1.165, 1.54) is 0 Å². The zero-order valence-electron chi connectivity index (χ0n) is 11.2. The van der Waals surface area contributed by atoms with Crippen molar-refractivity contribution < 1.29 is 27.8 Å². The highest BCUT2D eigenvalue weighted by molar-refractivity contribution is 5.97. The van der Waals surface area contributed by atoms with Gasteiger partial charge < -0.3 is 20.1 Å². The van der Waals surface area contributed by atoms with Gasteiger partial charge in [0.2, 0.25) is 0 Å². The van der Waals surface area contributed by atoms with Crippen molar-refractivity contribution in [2.75, 3.05) is 32.1 Å².